The number of nitrogens with one attached hydrogen (secondary N) is 1. The average Bonchev–Trinajstić information content (AvgIpc) is 2.91. The van der Waals surface area contributed by atoms with Gasteiger partial charge in [-0.3, -0.25) is 9.59 Å². The van der Waals surface area contributed by atoms with E-state index in [1.54, 1.807) is 6.07 Å². The lowest BCUT2D eigenvalue weighted by Gasteiger charge is -2.20. The molecule has 0 unspecified atom stereocenters. The number of ether oxygens (including phenoxy) is 1. The fraction of sp³-hybridized carbons (Fsp3) is 0.182. The Morgan fingerprint density at radius 3 is 2.55 bits per heavy atom. The number of aromatic hydroxyl groups is 2. The zero-order valence-corrected chi connectivity index (χ0v) is 15.8. The third-order valence-electron chi connectivity index (χ3n) is 4.92. The lowest BCUT2D eigenvalue weighted by atomic mass is 10.0. The first-order valence-corrected chi connectivity index (χ1v) is 9.19. The summed E-state index contributed by atoms with van der Waals surface area (Å²) in [4.78, 5) is 28.1. The van der Waals surface area contributed by atoms with E-state index >= 15 is 0 Å². The molecule has 0 saturated heterocycles. The van der Waals surface area contributed by atoms with Crippen LogP contribution in [0.3, 0.4) is 0 Å². The number of carbonyl (C=O) groups is 1. The van der Waals surface area contributed by atoms with Crippen LogP contribution in [-0.4, -0.2) is 39.2 Å². The maximum Gasteiger partial charge on any atom is 0.259 e. The maximum atomic E-state index is 12.9. The summed E-state index contributed by atoms with van der Waals surface area (Å²) in [6.45, 7) is 2.66. The molecule has 3 aromatic rings. The van der Waals surface area contributed by atoms with Gasteiger partial charge in [0.25, 0.3) is 11.5 Å². The van der Waals surface area contributed by atoms with E-state index in [4.69, 9.17) is 4.74 Å². The van der Waals surface area contributed by atoms with Crippen LogP contribution in [0.25, 0.3) is 11.1 Å². The van der Waals surface area contributed by atoms with E-state index in [0.717, 1.165) is 22.8 Å². The average molecular weight is 392 g/mol. The number of amides is 1. The molecule has 148 valence electrons. The zero-order valence-electron chi connectivity index (χ0n) is 15.8. The molecule has 1 aromatic heterocycles. The highest BCUT2D eigenvalue weighted by molar-refractivity contribution is 5.96. The number of aryl methyl sites for hydroxylation is 1. The van der Waals surface area contributed by atoms with E-state index < -0.39 is 11.5 Å². The van der Waals surface area contributed by atoms with Crippen molar-refractivity contribution in [2.45, 2.75) is 13.5 Å². The summed E-state index contributed by atoms with van der Waals surface area (Å²) < 4.78 is 5.69. The van der Waals surface area contributed by atoms with E-state index in [1.165, 1.54) is 11.1 Å². The minimum absolute atomic E-state index is 0.00645. The summed E-state index contributed by atoms with van der Waals surface area (Å²) in [7, 11) is 0. The Bertz CT molecular complexity index is 1130. The second-order valence-electron chi connectivity index (χ2n) is 7.02. The highest BCUT2D eigenvalue weighted by atomic mass is 16.5. The first-order valence-electron chi connectivity index (χ1n) is 9.19. The van der Waals surface area contributed by atoms with Crippen molar-refractivity contribution in [1.82, 2.24) is 9.88 Å². The number of rotatable bonds is 2. The van der Waals surface area contributed by atoms with Crippen molar-refractivity contribution < 1.29 is 19.7 Å². The summed E-state index contributed by atoms with van der Waals surface area (Å²) in [5.41, 5.74) is 3.06. The van der Waals surface area contributed by atoms with Crippen molar-refractivity contribution in [3.8, 4) is 28.4 Å². The lowest BCUT2D eigenvalue weighted by Crippen LogP contribution is -2.32. The monoisotopic (exact) mass is 392 g/mol. The van der Waals surface area contributed by atoms with Crippen LogP contribution in [0.5, 0.6) is 17.2 Å². The fourth-order valence-corrected chi connectivity index (χ4v) is 3.39. The van der Waals surface area contributed by atoms with Crippen molar-refractivity contribution >= 4 is 5.91 Å². The van der Waals surface area contributed by atoms with E-state index in [1.807, 2.05) is 37.3 Å². The largest absolute Gasteiger partial charge is 0.507 e. The molecule has 29 heavy (non-hydrogen) atoms. The number of carbonyl (C=O) groups excluding carboxylic acids is 1. The Hall–Kier alpha value is -3.74. The van der Waals surface area contributed by atoms with Gasteiger partial charge in [0.05, 0.1) is 12.1 Å². The summed E-state index contributed by atoms with van der Waals surface area (Å²) >= 11 is 0. The first-order chi connectivity index (χ1) is 13.9. The predicted octanol–water partition coefficient (Wildman–Crippen LogP) is 2.80. The highest BCUT2D eigenvalue weighted by Crippen LogP contribution is 2.38. The van der Waals surface area contributed by atoms with Crippen LogP contribution in [0.2, 0.25) is 0 Å². The predicted molar refractivity (Wildman–Crippen MR) is 107 cm³/mol. The van der Waals surface area contributed by atoms with Crippen molar-refractivity contribution in [3.05, 3.63) is 75.7 Å². The quantitative estimate of drug-likeness (QED) is 0.622. The molecule has 0 radical (unpaired) electrons. The van der Waals surface area contributed by atoms with E-state index in [2.05, 4.69) is 4.98 Å². The number of fused-ring (bicyclic) bond motifs is 1. The number of phenols is 1. The molecule has 0 bridgehead atoms. The second kappa shape index (κ2) is 7.35. The number of H-pyrrole nitrogens is 1. The molecule has 1 amide bonds. The van der Waals surface area contributed by atoms with Gasteiger partial charge in [-0.05, 0) is 30.2 Å². The minimum atomic E-state index is -0.490. The number of hydrogen-bond acceptors (Lipinski definition) is 5. The molecule has 0 spiro atoms. The van der Waals surface area contributed by atoms with Gasteiger partial charge in [-0.2, -0.15) is 0 Å². The van der Waals surface area contributed by atoms with Crippen LogP contribution < -0.4 is 10.3 Å². The molecule has 7 nitrogen and oxygen atoms in total. The van der Waals surface area contributed by atoms with E-state index in [-0.39, 0.29) is 36.8 Å². The summed E-state index contributed by atoms with van der Waals surface area (Å²) in [6, 6.07) is 12.4. The lowest BCUT2D eigenvalue weighted by molar-refractivity contribution is 0.0729. The number of aromatic amines is 1. The molecule has 1 aliphatic heterocycles. The van der Waals surface area contributed by atoms with Crippen molar-refractivity contribution in [1.29, 1.82) is 0 Å². The summed E-state index contributed by atoms with van der Waals surface area (Å²) in [5.74, 6) is -0.447. The Morgan fingerprint density at radius 2 is 1.83 bits per heavy atom. The summed E-state index contributed by atoms with van der Waals surface area (Å²) in [6.07, 6.45) is 1.20. The Labute approximate surface area is 166 Å². The standard InChI is InChI=1S/C22H20N2O5/c1-13-2-4-14(5-3-13)15-8-16-12-24(6-7-29-21(16)19(26)9-15)22(28)17-11-23-20(27)10-18(17)25/h2-5,8-11,26H,6-7,12H2,1H3,(H2,23,25,27). The number of pyridine rings is 1. The maximum absolute atomic E-state index is 12.9. The Balaban J connectivity index is 1.69. The molecule has 3 N–H and O–H groups in total. The van der Waals surface area contributed by atoms with Gasteiger partial charge in [0, 0.05) is 24.4 Å². The number of phenolic OH excluding ortho intramolecular Hbond substituents is 1. The molecule has 0 aliphatic carbocycles. The third kappa shape index (κ3) is 3.67. The molecule has 0 atom stereocenters. The molecule has 4 rings (SSSR count). The molecule has 2 heterocycles. The first kappa shape index (κ1) is 18.6. The molecule has 0 fully saturated rings. The number of aromatic nitrogens is 1. The fourth-order valence-electron chi connectivity index (χ4n) is 3.39. The molecule has 0 saturated carbocycles. The van der Waals surface area contributed by atoms with Gasteiger partial charge in [0.1, 0.15) is 12.4 Å². The molecular formula is C22H20N2O5. The zero-order chi connectivity index (χ0) is 20.5. The molecule has 7 heteroatoms. The topological polar surface area (TPSA) is 103 Å². The highest BCUT2D eigenvalue weighted by Gasteiger charge is 2.25. The minimum Gasteiger partial charge on any atom is -0.507 e. The Kier molecular flexibility index (Phi) is 4.72. The number of benzene rings is 2. The van der Waals surface area contributed by atoms with Gasteiger partial charge in [-0.15, -0.1) is 0 Å². The van der Waals surface area contributed by atoms with E-state index in [9.17, 15) is 19.8 Å². The molecule has 1 aliphatic rings. The molecular weight excluding hydrogens is 372 g/mol. The smallest absolute Gasteiger partial charge is 0.259 e. The number of hydrogen-bond donors (Lipinski definition) is 3. The van der Waals surface area contributed by atoms with Crippen LogP contribution in [0.4, 0.5) is 0 Å². The van der Waals surface area contributed by atoms with Crippen LogP contribution >= 0.6 is 0 Å². The van der Waals surface area contributed by atoms with Crippen molar-refractivity contribution in [3.63, 3.8) is 0 Å². The van der Waals surface area contributed by atoms with Gasteiger partial charge in [-0.1, -0.05) is 29.8 Å². The Morgan fingerprint density at radius 1 is 1.07 bits per heavy atom. The van der Waals surface area contributed by atoms with Crippen LogP contribution in [-0.2, 0) is 6.54 Å². The van der Waals surface area contributed by atoms with Gasteiger partial charge < -0.3 is 24.8 Å². The normalized spacial score (nSPS) is 13.3. The van der Waals surface area contributed by atoms with Crippen molar-refractivity contribution in [2.24, 2.45) is 0 Å². The third-order valence-corrected chi connectivity index (χ3v) is 4.92. The van der Waals surface area contributed by atoms with Gasteiger partial charge in [0.2, 0.25) is 0 Å². The van der Waals surface area contributed by atoms with Crippen LogP contribution in [0.15, 0.2) is 53.5 Å². The summed E-state index contributed by atoms with van der Waals surface area (Å²) in [5, 5.41) is 20.5. The second-order valence-corrected chi connectivity index (χ2v) is 7.02. The SMILES string of the molecule is Cc1ccc(-c2cc(O)c3c(c2)CN(C(=O)c2c[nH]c(=O)cc2O)CCO3)cc1. The van der Waals surface area contributed by atoms with Crippen LogP contribution in [0, 0.1) is 6.92 Å². The van der Waals surface area contributed by atoms with Crippen LogP contribution in [0.1, 0.15) is 21.5 Å². The van der Waals surface area contributed by atoms with Gasteiger partial charge in [-0.25, -0.2) is 0 Å². The van der Waals surface area contributed by atoms with Gasteiger partial charge in [0.15, 0.2) is 11.5 Å². The van der Waals surface area contributed by atoms with E-state index in [0.29, 0.717) is 11.3 Å². The number of nitrogens with zero attached hydrogens (tertiary/aromatic N) is 1. The molecule has 2 aromatic carbocycles. The van der Waals surface area contributed by atoms with Crippen molar-refractivity contribution in [2.75, 3.05) is 13.2 Å². The van der Waals surface area contributed by atoms with Gasteiger partial charge >= 0.3 is 0 Å².